The third-order valence-corrected chi connectivity index (χ3v) is 22.9. The standard InChI is InChI=1S/C110H74N4/c1-7-24-75(25-8-1)79-42-50-83(51-43-79)87-58-62-107-99(70-87)100-71-88(84-52-44-80(45-53-84)76-26-9-2-10-27-76)59-63-108(100)113(107)105-68-66-103(95-38-19-21-40-97(95)105)111(91-32-15-5-16-33-91)93-36-23-37-94(74-93)112(92-34-17-6-18-35-92)104-67-69-106(98-41-22-20-39-96(98)104)114-109-64-60-89(85-54-46-81(47-55-85)77-28-11-3-12-29-77)72-101(109)102-73-90(61-65-110(102)114)86-56-48-82(49-57-86)78-30-13-4-14-31-78/h1-74H. The Morgan fingerprint density at radius 2 is 0.342 bits per heavy atom. The molecule has 19 aromatic carbocycles. The second-order valence-corrected chi connectivity index (χ2v) is 29.5. The quantitative estimate of drug-likeness (QED) is 0.0959. The summed E-state index contributed by atoms with van der Waals surface area (Å²) in [5, 5.41) is 9.29. The van der Waals surface area contributed by atoms with Crippen LogP contribution >= 0.6 is 0 Å². The molecule has 2 aromatic heterocycles. The molecule has 0 unspecified atom stereocenters. The monoisotopic (exact) mass is 1450 g/mol. The molecule has 0 saturated heterocycles. The third kappa shape index (κ3) is 12.1. The van der Waals surface area contributed by atoms with E-state index in [0.29, 0.717) is 0 Å². The Hall–Kier alpha value is -15.1. The number of benzene rings is 19. The van der Waals surface area contributed by atoms with Gasteiger partial charge in [-0.1, -0.05) is 334 Å². The van der Waals surface area contributed by atoms with Crippen molar-refractivity contribution in [3.05, 3.63) is 449 Å². The Balaban J connectivity index is 0.686. The highest BCUT2D eigenvalue weighted by molar-refractivity contribution is 6.16. The van der Waals surface area contributed by atoms with Gasteiger partial charge < -0.3 is 18.9 Å². The summed E-state index contributed by atoms with van der Waals surface area (Å²) in [6.45, 7) is 0. The molecule has 0 amide bonds. The summed E-state index contributed by atoms with van der Waals surface area (Å²) in [4.78, 5) is 4.88. The molecule has 2 heterocycles. The highest BCUT2D eigenvalue weighted by Crippen LogP contribution is 2.49. The molecule has 0 spiro atoms. The van der Waals surface area contributed by atoms with E-state index in [1.807, 2.05) is 0 Å². The summed E-state index contributed by atoms with van der Waals surface area (Å²) in [6.07, 6.45) is 0. The van der Waals surface area contributed by atoms with Crippen molar-refractivity contribution in [3.8, 4) is 100 Å². The summed E-state index contributed by atoms with van der Waals surface area (Å²) in [7, 11) is 0. The van der Waals surface area contributed by atoms with Crippen LogP contribution in [0.5, 0.6) is 0 Å². The maximum absolute atomic E-state index is 2.50. The molecule has 0 atom stereocenters. The van der Waals surface area contributed by atoms with Crippen LogP contribution in [0.3, 0.4) is 0 Å². The van der Waals surface area contributed by atoms with Gasteiger partial charge in [0.25, 0.3) is 0 Å². The fourth-order valence-corrected chi connectivity index (χ4v) is 17.3. The van der Waals surface area contributed by atoms with Crippen LogP contribution in [0.4, 0.5) is 34.1 Å². The average molecular weight is 1450 g/mol. The predicted molar refractivity (Wildman–Crippen MR) is 483 cm³/mol. The van der Waals surface area contributed by atoms with Crippen molar-refractivity contribution in [1.82, 2.24) is 9.13 Å². The van der Waals surface area contributed by atoms with E-state index in [1.54, 1.807) is 0 Å². The Labute approximate surface area is 663 Å². The SMILES string of the molecule is c1ccc(-c2ccc(-c3ccc4c(c3)c3cc(-c5ccc(-c6ccccc6)cc5)ccc3n4-c3ccc(N(c4ccccc4)c4cccc(N(c5ccccc5)c5ccc(-n6c7ccc(-c8ccc(-c9ccccc9)cc8)cc7c7cc(-c8ccc(-c9ccccc9)cc8)ccc76)c6ccccc56)c4)c4ccccc34)cc2)cc1. The van der Waals surface area contributed by atoms with Crippen molar-refractivity contribution in [2.75, 3.05) is 9.80 Å². The van der Waals surface area contributed by atoms with Crippen LogP contribution in [0.15, 0.2) is 449 Å². The van der Waals surface area contributed by atoms with Crippen molar-refractivity contribution in [3.63, 3.8) is 0 Å². The average Bonchev–Trinajstić information content (AvgIpc) is 1.55. The van der Waals surface area contributed by atoms with Gasteiger partial charge in [-0.05, 0) is 204 Å². The van der Waals surface area contributed by atoms with Gasteiger partial charge >= 0.3 is 0 Å². The van der Waals surface area contributed by atoms with E-state index in [0.717, 1.165) is 89.1 Å². The largest absolute Gasteiger partial charge is 0.310 e. The van der Waals surface area contributed by atoms with Crippen molar-refractivity contribution < 1.29 is 0 Å². The number of hydrogen-bond donors (Lipinski definition) is 0. The molecule has 114 heavy (non-hydrogen) atoms. The topological polar surface area (TPSA) is 16.3 Å². The van der Waals surface area contributed by atoms with Crippen LogP contribution < -0.4 is 9.80 Å². The molecule has 21 aromatic rings. The van der Waals surface area contributed by atoms with Crippen LogP contribution in [-0.2, 0) is 0 Å². The first kappa shape index (κ1) is 67.0. The van der Waals surface area contributed by atoms with Gasteiger partial charge in [0.2, 0.25) is 0 Å². The number of hydrogen-bond acceptors (Lipinski definition) is 2. The van der Waals surface area contributed by atoms with Crippen molar-refractivity contribution in [1.29, 1.82) is 0 Å². The van der Waals surface area contributed by atoms with Gasteiger partial charge in [0.15, 0.2) is 0 Å². The zero-order valence-electron chi connectivity index (χ0n) is 62.5. The molecule has 0 aliphatic rings. The summed E-state index contributed by atoms with van der Waals surface area (Å²) >= 11 is 0. The van der Waals surface area contributed by atoms with E-state index in [9.17, 15) is 0 Å². The minimum atomic E-state index is 1.02. The lowest BCUT2D eigenvalue weighted by molar-refractivity contribution is 1.19. The maximum atomic E-state index is 2.50. The van der Waals surface area contributed by atoms with E-state index < -0.39 is 0 Å². The molecule has 0 fully saturated rings. The Morgan fingerprint density at radius 1 is 0.132 bits per heavy atom. The third-order valence-electron chi connectivity index (χ3n) is 22.9. The van der Waals surface area contributed by atoms with Crippen LogP contribution in [0.1, 0.15) is 0 Å². The fourth-order valence-electron chi connectivity index (χ4n) is 17.3. The maximum Gasteiger partial charge on any atom is 0.0542 e. The summed E-state index contributed by atoms with van der Waals surface area (Å²) in [5.41, 5.74) is 32.0. The van der Waals surface area contributed by atoms with Crippen LogP contribution in [0.25, 0.3) is 166 Å². The molecular weight excluding hydrogens is 1380 g/mol. The molecule has 21 rings (SSSR count). The second kappa shape index (κ2) is 28.7. The second-order valence-electron chi connectivity index (χ2n) is 29.5. The molecule has 0 saturated carbocycles. The van der Waals surface area contributed by atoms with Gasteiger partial charge in [-0.3, -0.25) is 0 Å². The first-order valence-electron chi connectivity index (χ1n) is 39.2. The van der Waals surface area contributed by atoms with Gasteiger partial charge in [0.1, 0.15) is 0 Å². The molecule has 0 radical (unpaired) electrons. The fraction of sp³-hybridized carbons (Fsp3) is 0. The van der Waals surface area contributed by atoms with E-state index in [-0.39, 0.29) is 0 Å². The van der Waals surface area contributed by atoms with Gasteiger partial charge in [-0.15, -0.1) is 0 Å². The van der Waals surface area contributed by atoms with Crippen molar-refractivity contribution >= 4 is 99.3 Å². The van der Waals surface area contributed by atoms with E-state index in [1.165, 1.54) is 111 Å². The van der Waals surface area contributed by atoms with Gasteiger partial charge in [-0.2, -0.15) is 0 Å². The normalized spacial score (nSPS) is 11.5. The first-order chi connectivity index (χ1) is 56.5. The summed E-state index contributed by atoms with van der Waals surface area (Å²) in [5.74, 6) is 0. The number of anilines is 6. The van der Waals surface area contributed by atoms with Crippen LogP contribution in [0, 0.1) is 0 Å². The minimum Gasteiger partial charge on any atom is -0.310 e. The van der Waals surface area contributed by atoms with Gasteiger partial charge in [0.05, 0.1) is 44.8 Å². The summed E-state index contributed by atoms with van der Waals surface area (Å²) < 4.78 is 4.99. The molecule has 0 bridgehead atoms. The molecule has 0 aliphatic carbocycles. The van der Waals surface area contributed by atoms with E-state index in [4.69, 9.17) is 0 Å². The zero-order valence-corrected chi connectivity index (χ0v) is 62.5. The lowest BCUT2D eigenvalue weighted by Crippen LogP contribution is -2.14. The van der Waals surface area contributed by atoms with Crippen LogP contribution in [0.2, 0.25) is 0 Å². The number of aromatic nitrogens is 2. The first-order valence-corrected chi connectivity index (χ1v) is 39.2. The number of para-hydroxylation sites is 2. The van der Waals surface area contributed by atoms with E-state index >= 15 is 0 Å². The molecule has 4 heteroatoms. The molecule has 0 N–H and O–H groups in total. The number of fused-ring (bicyclic) bond motifs is 8. The molecule has 0 aliphatic heterocycles. The minimum absolute atomic E-state index is 1.02. The molecule has 4 nitrogen and oxygen atoms in total. The Bertz CT molecular complexity index is 6430. The highest BCUT2D eigenvalue weighted by Gasteiger charge is 2.26. The van der Waals surface area contributed by atoms with Crippen molar-refractivity contribution in [2.24, 2.45) is 0 Å². The molecular formula is C110H74N4. The Kier molecular flexibility index (Phi) is 16.9. The lowest BCUT2D eigenvalue weighted by Gasteiger charge is -2.31. The molecule has 534 valence electrons. The smallest absolute Gasteiger partial charge is 0.0542 e. The number of nitrogens with zero attached hydrogens (tertiary/aromatic N) is 4. The summed E-state index contributed by atoms with van der Waals surface area (Å²) in [6, 6.07) is 165. The van der Waals surface area contributed by atoms with Gasteiger partial charge in [0, 0.05) is 65.8 Å². The van der Waals surface area contributed by atoms with E-state index in [2.05, 4.69) is 468 Å². The van der Waals surface area contributed by atoms with Crippen molar-refractivity contribution in [2.45, 2.75) is 0 Å². The Morgan fingerprint density at radius 3 is 0.614 bits per heavy atom. The zero-order chi connectivity index (χ0) is 75.4. The van der Waals surface area contributed by atoms with Gasteiger partial charge in [-0.25, -0.2) is 0 Å². The lowest BCUT2D eigenvalue weighted by atomic mass is 9.97. The predicted octanol–water partition coefficient (Wildman–Crippen LogP) is 30.5. The van der Waals surface area contributed by atoms with Crippen LogP contribution in [-0.4, -0.2) is 9.13 Å². The number of rotatable bonds is 16. The highest BCUT2D eigenvalue weighted by atomic mass is 15.2.